The van der Waals surface area contributed by atoms with E-state index < -0.39 is 60.7 Å². The number of likely N-dealkylation sites (tertiary alicyclic amines) is 1. The minimum Gasteiger partial charge on any atom is -0.378 e. The number of aromatic nitrogens is 1. The van der Waals surface area contributed by atoms with E-state index in [9.17, 15) is 27.9 Å². The van der Waals surface area contributed by atoms with Gasteiger partial charge in [0, 0.05) is 47.9 Å². The monoisotopic (exact) mass is 572 g/mol. The average molecular weight is 573 g/mol. The van der Waals surface area contributed by atoms with Crippen molar-refractivity contribution in [2.45, 2.75) is 62.5 Å². The maximum atomic E-state index is 14.5. The largest absolute Gasteiger partial charge is 0.378 e. The fourth-order valence-corrected chi connectivity index (χ4v) is 5.57. The average Bonchev–Trinajstić information content (AvgIpc) is 3.26. The van der Waals surface area contributed by atoms with E-state index in [0.717, 1.165) is 11.0 Å². The normalized spacial score (nSPS) is 21.4. The van der Waals surface area contributed by atoms with Gasteiger partial charge in [0.2, 0.25) is 11.8 Å². The van der Waals surface area contributed by atoms with Gasteiger partial charge in [-0.15, -0.1) is 0 Å². The molecule has 0 bridgehead atoms. The Morgan fingerprint density at radius 1 is 1.10 bits per heavy atom. The first-order chi connectivity index (χ1) is 19.1. The van der Waals surface area contributed by atoms with Crippen molar-refractivity contribution >= 4 is 29.1 Å². The Morgan fingerprint density at radius 2 is 1.85 bits per heavy atom. The van der Waals surface area contributed by atoms with Crippen LogP contribution in [0.5, 0.6) is 0 Å². The van der Waals surface area contributed by atoms with Crippen LogP contribution in [-0.4, -0.2) is 51.0 Å². The first-order valence-electron chi connectivity index (χ1n) is 13.0. The van der Waals surface area contributed by atoms with Crippen LogP contribution in [0.2, 0.25) is 5.02 Å². The zero-order chi connectivity index (χ0) is 28.4. The molecule has 3 aromatic rings. The number of aliphatic hydroxyl groups excluding tert-OH is 1. The molecule has 210 valence electrons. The van der Waals surface area contributed by atoms with Crippen LogP contribution in [0.15, 0.2) is 72.9 Å². The molecule has 3 atom stereocenters. The van der Waals surface area contributed by atoms with Crippen LogP contribution in [0.1, 0.15) is 43.0 Å². The van der Waals surface area contributed by atoms with Crippen LogP contribution in [0, 0.1) is 5.82 Å². The number of nitrogens with zero attached hydrogens (tertiary/aromatic N) is 3. The highest BCUT2D eigenvalue weighted by molar-refractivity contribution is 6.31. The molecular weight excluding hydrogens is 545 g/mol. The minimum absolute atomic E-state index is 0.0863. The molecule has 1 aromatic heterocycles. The number of rotatable bonds is 8. The molecule has 1 saturated heterocycles. The van der Waals surface area contributed by atoms with Crippen LogP contribution in [0.3, 0.4) is 0 Å². The molecule has 0 spiro atoms. The third-order valence-corrected chi connectivity index (χ3v) is 7.65. The van der Waals surface area contributed by atoms with Gasteiger partial charge in [-0.1, -0.05) is 41.9 Å². The lowest BCUT2D eigenvalue weighted by Gasteiger charge is -2.39. The number of hydrogen-bond donors (Lipinski definition) is 2. The lowest BCUT2D eigenvalue weighted by Crippen LogP contribution is -2.56. The molecule has 1 aliphatic heterocycles. The van der Waals surface area contributed by atoms with Crippen molar-refractivity contribution < 1.29 is 27.9 Å². The van der Waals surface area contributed by atoms with Gasteiger partial charge < -0.3 is 10.4 Å². The predicted molar refractivity (Wildman–Crippen MR) is 143 cm³/mol. The molecule has 2 heterocycles. The lowest BCUT2D eigenvalue weighted by atomic mass is 9.87. The molecule has 3 unspecified atom stereocenters. The Balaban J connectivity index is 1.55. The predicted octanol–water partition coefficient (Wildman–Crippen LogP) is 4.85. The van der Waals surface area contributed by atoms with Gasteiger partial charge in [-0.3, -0.25) is 24.4 Å². The van der Waals surface area contributed by atoms with Crippen LogP contribution < -0.4 is 10.2 Å². The van der Waals surface area contributed by atoms with E-state index in [1.165, 1.54) is 18.2 Å². The Morgan fingerprint density at radius 3 is 2.52 bits per heavy atom. The summed E-state index contributed by atoms with van der Waals surface area (Å²) in [6.07, 6.45) is 0.179. The smallest absolute Gasteiger partial charge is 0.252 e. The van der Waals surface area contributed by atoms with Crippen molar-refractivity contribution in [2.75, 3.05) is 4.90 Å². The number of carbonyl (C=O) groups excluding carboxylic acids is 2. The van der Waals surface area contributed by atoms with Gasteiger partial charge >= 0.3 is 0 Å². The molecule has 0 radical (unpaired) electrons. The highest BCUT2D eigenvalue weighted by atomic mass is 35.5. The van der Waals surface area contributed by atoms with Gasteiger partial charge in [0.1, 0.15) is 18.1 Å². The molecule has 2 aliphatic rings. The molecule has 11 heteroatoms. The number of halogens is 4. The van der Waals surface area contributed by atoms with Gasteiger partial charge in [-0.2, -0.15) is 0 Å². The second kappa shape index (κ2) is 11.6. The van der Waals surface area contributed by atoms with E-state index in [1.807, 2.05) is 0 Å². The van der Waals surface area contributed by atoms with Gasteiger partial charge in [0.15, 0.2) is 0 Å². The summed E-state index contributed by atoms with van der Waals surface area (Å²) in [7, 11) is 0. The summed E-state index contributed by atoms with van der Waals surface area (Å²) in [5.74, 6) is -4.80. The Labute approximate surface area is 234 Å². The summed E-state index contributed by atoms with van der Waals surface area (Å²) >= 11 is 6.51. The van der Waals surface area contributed by atoms with Gasteiger partial charge in [0.05, 0.1) is 11.7 Å². The second-order valence-corrected chi connectivity index (χ2v) is 10.6. The van der Waals surface area contributed by atoms with E-state index in [0.29, 0.717) is 12.1 Å². The molecule has 1 aliphatic carbocycles. The maximum Gasteiger partial charge on any atom is 0.252 e. The molecule has 1 saturated carbocycles. The molecule has 2 aromatic carbocycles. The number of hydrogen-bond acceptors (Lipinski definition) is 5. The summed E-state index contributed by atoms with van der Waals surface area (Å²) in [6.45, 7) is 0.162. The topological polar surface area (TPSA) is 85.8 Å². The number of nitrogens with one attached hydrogen (secondary N) is 1. The summed E-state index contributed by atoms with van der Waals surface area (Å²) in [5, 5.41) is 13.6. The van der Waals surface area contributed by atoms with E-state index in [2.05, 4.69) is 10.3 Å². The van der Waals surface area contributed by atoms with Gasteiger partial charge in [-0.25, -0.2) is 13.2 Å². The Hall–Kier alpha value is -3.47. The second-order valence-electron chi connectivity index (χ2n) is 10.1. The highest BCUT2D eigenvalue weighted by Gasteiger charge is 2.48. The maximum absolute atomic E-state index is 14.5. The zero-order valence-corrected chi connectivity index (χ0v) is 22.1. The Bertz CT molecular complexity index is 1370. The summed E-state index contributed by atoms with van der Waals surface area (Å²) in [5.41, 5.74) is 0.966. The van der Waals surface area contributed by atoms with Gasteiger partial charge in [0.25, 0.3) is 5.92 Å². The lowest BCUT2D eigenvalue weighted by molar-refractivity contribution is -0.134. The molecule has 2 N–H and O–H groups in total. The van der Waals surface area contributed by atoms with Crippen LogP contribution >= 0.6 is 11.6 Å². The van der Waals surface area contributed by atoms with E-state index in [1.54, 1.807) is 53.6 Å². The van der Waals surface area contributed by atoms with E-state index >= 15 is 0 Å². The zero-order valence-electron chi connectivity index (χ0n) is 21.4. The number of benzene rings is 2. The first kappa shape index (κ1) is 28.1. The fraction of sp³-hybridized carbons (Fsp3) is 0.345. The van der Waals surface area contributed by atoms with Crippen molar-refractivity contribution in [2.24, 2.45) is 0 Å². The van der Waals surface area contributed by atoms with Crippen molar-refractivity contribution in [1.29, 1.82) is 0 Å². The number of aliphatic hydroxyl groups is 1. The van der Waals surface area contributed by atoms with Crippen molar-refractivity contribution in [3.8, 4) is 0 Å². The fourth-order valence-electron chi connectivity index (χ4n) is 5.33. The van der Waals surface area contributed by atoms with Gasteiger partial charge in [-0.05, 0) is 49.2 Å². The van der Waals surface area contributed by atoms with Crippen LogP contribution in [0.4, 0.5) is 18.9 Å². The third kappa shape index (κ3) is 5.99. The first-order valence-corrected chi connectivity index (χ1v) is 13.4. The number of anilines is 1. The number of alkyl halides is 2. The third-order valence-electron chi connectivity index (χ3n) is 7.30. The quantitative estimate of drug-likeness (QED) is 0.403. The number of pyridine rings is 1. The minimum atomic E-state index is -2.87. The SMILES string of the molecule is O=C(NC1CC(F)(F)C1)C(c1ccccc1Cl)N(C(=O)C1CCC(O)N1Cc1ccccn1)c1cccc(F)c1. The van der Waals surface area contributed by atoms with Crippen molar-refractivity contribution in [3.05, 3.63) is 95.0 Å². The highest BCUT2D eigenvalue weighted by Crippen LogP contribution is 2.39. The number of carbonyl (C=O) groups is 2. The molecule has 7 nitrogen and oxygen atoms in total. The van der Waals surface area contributed by atoms with Crippen molar-refractivity contribution in [1.82, 2.24) is 15.2 Å². The molecule has 40 heavy (non-hydrogen) atoms. The Kier molecular flexibility index (Phi) is 8.11. The van der Waals surface area contributed by atoms with E-state index in [4.69, 9.17) is 11.6 Å². The summed E-state index contributed by atoms with van der Waals surface area (Å²) < 4.78 is 41.6. The molecule has 2 amide bonds. The van der Waals surface area contributed by atoms with E-state index in [-0.39, 0.29) is 29.2 Å². The number of amides is 2. The standard InChI is InChI=1S/C29H28ClF3N4O3/c30-23-10-2-1-9-22(23)26(27(39)35-20-15-29(32,33)16-20)37(21-8-5-6-18(31)14-21)28(40)24-11-12-25(38)36(24)17-19-7-3-4-13-34-19/h1-10,13-14,20,24-26,38H,11-12,15-17H2,(H,35,39). The van der Waals surface area contributed by atoms with Crippen molar-refractivity contribution in [3.63, 3.8) is 0 Å². The van der Waals surface area contributed by atoms with Crippen LogP contribution in [0.25, 0.3) is 0 Å². The summed E-state index contributed by atoms with van der Waals surface area (Å²) in [6, 6.07) is 13.9. The molecular formula is C29H28ClF3N4O3. The molecule has 5 rings (SSSR count). The summed E-state index contributed by atoms with van der Waals surface area (Å²) in [4.78, 5) is 35.2. The van der Waals surface area contributed by atoms with Crippen LogP contribution in [-0.2, 0) is 16.1 Å². The molecule has 2 fully saturated rings.